The van der Waals surface area contributed by atoms with E-state index >= 15 is 0 Å². The van der Waals surface area contributed by atoms with Gasteiger partial charge in [-0.15, -0.1) is 0 Å². The largest absolute Gasteiger partial charge is 0.489 e. The van der Waals surface area contributed by atoms with Gasteiger partial charge in [-0.05, 0) is 40.6 Å². The van der Waals surface area contributed by atoms with Crippen molar-refractivity contribution in [3.05, 3.63) is 108 Å². The second-order valence-electron chi connectivity index (χ2n) is 6.42. The van der Waals surface area contributed by atoms with E-state index in [4.69, 9.17) is 4.74 Å². The Hall–Kier alpha value is -3.30. The molecule has 0 fully saturated rings. The minimum absolute atomic E-state index is 0.550. The van der Waals surface area contributed by atoms with Crippen LogP contribution in [0.25, 0.3) is 10.8 Å². The van der Waals surface area contributed by atoms with Crippen molar-refractivity contribution in [2.45, 2.75) is 13.2 Å². The fraction of sp³-hybridized carbons (Fsp3) is 0.0833. The maximum absolute atomic E-state index is 6.11. The lowest BCUT2D eigenvalue weighted by Crippen LogP contribution is -2.21. The monoisotopic (exact) mass is 354 g/mol. The molecule has 0 aliphatic rings. The zero-order chi connectivity index (χ0) is 18.3. The molecule has 0 unspecified atom stereocenters. The number of benzene rings is 4. The Morgan fingerprint density at radius 2 is 1.41 bits per heavy atom. The van der Waals surface area contributed by atoms with Gasteiger partial charge >= 0.3 is 0 Å². The summed E-state index contributed by atoms with van der Waals surface area (Å²) in [5.41, 5.74) is 9.77. The van der Waals surface area contributed by atoms with Crippen molar-refractivity contribution in [3.63, 3.8) is 0 Å². The predicted molar refractivity (Wildman–Crippen MR) is 112 cm³/mol. The second kappa shape index (κ2) is 8.39. The smallest absolute Gasteiger partial charge is 0.124 e. The molecule has 0 heterocycles. The van der Waals surface area contributed by atoms with E-state index in [1.807, 2.05) is 48.5 Å². The Kier molecular flexibility index (Phi) is 5.32. The number of ether oxygens (including phenoxy) is 1. The number of hydrogen-bond acceptors (Lipinski definition) is 3. The third-order valence-electron chi connectivity index (χ3n) is 4.47. The van der Waals surface area contributed by atoms with E-state index in [-0.39, 0.29) is 0 Å². The summed E-state index contributed by atoms with van der Waals surface area (Å²) in [7, 11) is 0. The van der Waals surface area contributed by atoms with Crippen LogP contribution in [0, 0.1) is 0 Å². The Morgan fingerprint density at radius 1 is 0.667 bits per heavy atom. The molecule has 3 nitrogen and oxygen atoms in total. The molecule has 0 aliphatic carbocycles. The van der Waals surface area contributed by atoms with Crippen LogP contribution >= 0.6 is 0 Å². The fourth-order valence-electron chi connectivity index (χ4n) is 3.04. The molecular formula is C24H22N2O. The molecule has 4 aromatic rings. The van der Waals surface area contributed by atoms with E-state index in [1.54, 1.807) is 0 Å². The van der Waals surface area contributed by atoms with Crippen molar-refractivity contribution >= 4 is 16.5 Å². The highest BCUT2D eigenvalue weighted by Gasteiger charge is 2.04. The summed E-state index contributed by atoms with van der Waals surface area (Å²) in [6, 6.07) is 33.0. The van der Waals surface area contributed by atoms with E-state index < -0.39 is 0 Å². The topological polar surface area (TPSA) is 33.3 Å². The van der Waals surface area contributed by atoms with Gasteiger partial charge in [0.2, 0.25) is 0 Å². The number of hydrogen-bond donors (Lipinski definition) is 2. The zero-order valence-electron chi connectivity index (χ0n) is 15.1. The summed E-state index contributed by atoms with van der Waals surface area (Å²) < 4.78 is 6.11. The molecule has 0 radical (unpaired) electrons. The first-order valence-electron chi connectivity index (χ1n) is 9.11. The Balaban J connectivity index is 1.39. The SMILES string of the molecule is c1ccc(NNCc2ccccc2OCc2ccc3ccccc3c2)cc1. The van der Waals surface area contributed by atoms with E-state index in [2.05, 4.69) is 59.4 Å². The Labute approximate surface area is 159 Å². The summed E-state index contributed by atoms with van der Waals surface area (Å²) in [5, 5.41) is 2.48. The molecule has 0 saturated carbocycles. The molecule has 0 bridgehead atoms. The molecule has 0 saturated heterocycles. The summed E-state index contributed by atoms with van der Waals surface area (Å²) in [6.07, 6.45) is 0. The lowest BCUT2D eigenvalue weighted by molar-refractivity contribution is 0.302. The third-order valence-corrected chi connectivity index (χ3v) is 4.47. The first-order valence-corrected chi connectivity index (χ1v) is 9.11. The van der Waals surface area contributed by atoms with E-state index in [0.717, 1.165) is 17.0 Å². The van der Waals surface area contributed by atoms with Crippen LogP contribution in [0.3, 0.4) is 0 Å². The Morgan fingerprint density at radius 3 is 2.30 bits per heavy atom. The molecule has 2 N–H and O–H groups in total. The molecule has 0 aliphatic heterocycles. The molecule has 3 heteroatoms. The third kappa shape index (κ3) is 4.46. The normalized spacial score (nSPS) is 10.7. The highest BCUT2D eigenvalue weighted by atomic mass is 16.5. The molecule has 4 rings (SSSR count). The minimum atomic E-state index is 0.550. The van der Waals surface area contributed by atoms with E-state index in [9.17, 15) is 0 Å². The molecule has 134 valence electrons. The van der Waals surface area contributed by atoms with Crippen LogP contribution < -0.4 is 15.6 Å². The van der Waals surface area contributed by atoms with Crippen LogP contribution in [-0.2, 0) is 13.2 Å². The van der Waals surface area contributed by atoms with Crippen molar-refractivity contribution < 1.29 is 4.74 Å². The van der Waals surface area contributed by atoms with Crippen LogP contribution in [0.2, 0.25) is 0 Å². The number of rotatable bonds is 7. The highest BCUT2D eigenvalue weighted by Crippen LogP contribution is 2.21. The van der Waals surface area contributed by atoms with Crippen LogP contribution in [0.4, 0.5) is 5.69 Å². The molecule has 0 amide bonds. The quantitative estimate of drug-likeness (QED) is 0.428. The van der Waals surface area contributed by atoms with E-state index in [0.29, 0.717) is 13.2 Å². The average Bonchev–Trinajstić information content (AvgIpc) is 2.74. The van der Waals surface area contributed by atoms with Gasteiger partial charge in [-0.3, -0.25) is 0 Å². The second-order valence-corrected chi connectivity index (χ2v) is 6.42. The van der Waals surface area contributed by atoms with Crippen LogP contribution in [0.5, 0.6) is 5.75 Å². The summed E-state index contributed by atoms with van der Waals surface area (Å²) >= 11 is 0. The maximum Gasteiger partial charge on any atom is 0.124 e. The Bertz CT molecular complexity index is 1010. The molecule has 0 aromatic heterocycles. The standard InChI is InChI=1S/C24H22N2O/c1-2-11-23(12-3-1)26-25-17-22-10-6-7-13-24(22)27-18-19-14-15-20-8-4-5-9-21(20)16-19/h1-16,25-26H,17-18H2. The highest BCUT2D eigenvalue weighted by molar-refractivity contribution is 5.82. The van der Waals surface area contributed by atoms with Gasteiger partial charge in [-0.25, -0.2) is 5.43 Å². The first-order chi connectivity index (χ1) is 13.4. The zero-order valence-corrected chi connectivity index (χ0v) is 15.1. The molecule has 4 aromatic carbocycles. The lowest BCUT2D eigenvalue weighted by Gasteiger charge is -2.13. The van der Waals surface area contributed by atoms with Gasteiger partial charge < -0.3 is 10.2 Å². The average molecular weight is 354 g/mol. The first kappa shape index (κ1) is 17.1. The van der Waals surface area contributed by atoms with Crippen molar-refractivity contribution in [1.82, 2.24) is 5.43 Å². The number of anilines is 1. The van der Waals surface area contributed by atoms with Crippen molar-refractivity contribution in [1.29, 1.82) is 0 Å². The van der Waals surface area contributed by atoms with Crippen molar-refractivity contribution in [2.75, 3.05) is 5.43 Å². The fourth-order valence-corrected chi connectivity index (χ4v) is 3.04. The van der Waals surface area contributed by atoms with Gasteiger partial charge in [0.25, 0.3) is 0 Å². The lowest BCUT2D eigenvalue weighted by atomic mass is 10.1. The summed E-state index contributed by atoms with van der Waals surface area (Å²) in [5.74, 6) is 0.896. The molecule has 0 atom stereocenters. The molecule has 0 spiro atoms. The molecule has 27 heavy (non-hydrogen) atoms. The van der Waals surface area contributed by atoms with Crippen LogP contribution in [0.15, 0.2) is 97.1 Å². The van der Waals surface area contributed by atoms with E-state index in [1.165, 1.54) is 16.3 Å². The number of nitrogens with one attached hydrogen (secondary N) is 2. The van der Waals surface area contributed by atoms with Gasteiger partial charge in [-0.1, -0.05) is 72.8 Å². The minimum Gasteiger partial charge on any atom is -0.489 e. The van der Waals surface area contributed by atoms with Gasteiger partial charge in [-0.2, -0.15) is 0 Å². The summed E-state index contributed by atoms with van der Waals surface area (Å²) in [4.78, 5) is 0. The number of fused-ring (bicyclic) bond motifs is 1. The van der Waals surface area contributed by atoms with Gasteiger partial charge in [0.1, 0.15) is 12.4 Å². The maximum atomic E-state index is 6.11. The van der Waals surface area contributed by atoms with Gasteiger partial charge in [0, 0.05) is 17.8 Å². The number of para-hydroxylation sites is 2. The van der Waals surface area contributed by atoms with Gasteiger partial charge in [0.05, 0.1) is 0 Å². The summed E-state index contributed by atoms with van der Waals surface area (Å²) in [6.45, 7) is 1.22. The predicted octanol–water partition coefficient (Wildman–Crippen LogP) is 5.54. The van der Waals surface area contributed by atoms with Crippen LogP contribution in [-0.4, -0.2) is 0 Å². The van der Waals surface area contributed by atoms with Crippen molar-refractivity contribution in [3.8, 4) is 5.75 Å². The number of hydrazine groups is 1. The molecular weight excluding hydrogens is 332 g/mol. The van der Waals surface area contributed by atoms with Gasteiger partial charge in [0.15, 0.2) is 0 Å². The van der Waals surface area contributed by atoms with Crippen molar-refractivity contribution in [2.24, 2.45) is 0 Å². The van der Waals surface area contributed by atoms with Crippen LogP contribution in [0.1, 0.15) is 11.1 Å².